The highest BCUT2D eigenvalue weighted by Gasteiger charge is 2.39. The van der Waals surface area contributed by atoms with Gasteiger partial charge < -0.3 is 15.0 Å². The maximum absolute atomic E-state index is 13.0. The Morgan fingerprint density at radius 1 is 1.03 bits per heavy atom. The molecule has 0 atom stereocenters. The van der Waals surface area contributed by atoms with Crippen molar-refractivity contribution < 1.29 is 19.1 Å². The summed E-state index contributed by atoms with van der Waals surface area (Å²) >= 11 is 6.24. The van der Waals surface area contributed by atoms with Crippen LogP contribution in [0.3, 0.4) is 0 Å². The van der Waals surface area contributed by atoms with E-state index in [4.69, 9.17) is 16.3 Å². The molecule has 0 unspecified atom stereocenters. The summed E-state index contributed by atoms with van der Waals surface area (Å²) < 4.78 is 5.30. The van der Waals surface area contributed by atoms with Crippen LogP contribution in [0.1, 0.15) is 35.7 Å². The van der Waals surface area contributed by atoms with Gasteiger partial charge in [0.2, 0.25) is 0 Å². The summed E-state index contributed by atoms with van der Waals surface area (Å²) in [5, 5.41) is 2.75. The highest BCUT2D eigenvalue weighted by Crippen LogP contribution is 2.31. The van der Waals surface area contributed by atoms with Crippen molar-refractivity contribution in [2.45, 2.75) is 19.8 Å². The number of benzene rings is 2. The third-order valence-corrected chi connectivity index (χ3v) is 5.87. The number of anilines is 2. The van der Waals surface area contributed by atoms with Crippen LogP contribution in [0, 0.1) is 0 Å². The van der Waals surface area contributed by atoms with Crippen molar-refractivity contribution in [2.75, 3.05) is 36.5 Å². The van der Waals surface area contributed by atoms with E-state index in [1.54, 1.807) is 41.3 Å². The quantitative estimate of drug-likeness (QED) is 0.698. The molecule has 2 aliphatic rings. The topological polar surface area (TPSA) is 79.0 Å². The van der Waals surface area contributed by atoms with Crippen LogP contribution in [-0.2, 0) is 14.3 Å². The van der Waals surface area contributed by atoms with E-state index in [0.717, 1.165) is 10.5 Å². The molecule has 2 aromatic rings. The molecule has 1 saturated heterocycles. The standard InChI is InChI=1S/C24H24ClN3O4/c1-15(2)16-6-8-19(9-7-16)28-23(30)20(25)21(24(28)31)26-18-5-3-4-17(14-18)22(29)27-10-12-32-13-11-27/h3-9,14-15,26H,10-13H2,1-2H3. The molecule has 32 heavy (non-hydrogen) atoms. The molecule has 2 heterocycles. The molecule has 4 rings (SSSR count). The second kappa shape index (κ2) is 9.14. The Bertz CT molecular complexity index is 1090. The van der Waals surface area contributed by atoms with Crippen LogP contribution in [0.15, 0.2) is 59.3 Å². The molecule has 2 aliphatic heterocycles. The van der Waals surface area contributed by atoms with Gasteiger partial charge in [-0.3, -0.25) is 14.4 Å². The van der Waals surface area contributed by atoms with Crippen LogP contribution in [0.5, 0.6) is 0 Å². The molecular formula is C24H24ClN3O4. The molecule has 0 bridgehead atoms. The minimum absolute atomic E-state index is 0.0134. The van der Waals surface area contributed by atoms with Crippen LogP contribution in [-0.4, -0.2) is 48.9 Å². The Labute approximate surface area is 191 Å². The van der Waals surface area contributed by atoms with Gasteiger partial charge in [0, 0.05) is 24.3 Å². The Morgan fingerprint density at radius 2 is 1.72 bits per heavy atom. The van der Waals surface area contributed by atoms with Crippen LogP contribution in [0.4, 0.5) is 11.4 Å². The highest BCUT2D eigenvalue weighted by atomic mass is 35.5. The molecule has 1 N–H and O–H groups in total. The van der Waals surface area contributed by atoms with Crippen molar-refractivity contribution in [1.82, 2.24) is 4.90 Å². The Balaban J connectivity index is 1.53. The number of rotatable bonds is 5. The van der Waals surface area contributed by atoms with Crippen LogP contribution < -0.4 is 10.2 Å². The lowest BCUT2D eigenvalue weighted by molar-refractivity contribution is -0.120. The van der Waals surface area contributed by atoms with E-state index >= 15 is 0 Å². The van der Waals surface area contributed by atoms with Gasteiger partial charge >= 0.3 is 0 Å². The first-order chi connectivity index (χ1) is 15.4. The molecular weight excluding hydrogens is 430 g/mol. The Morgan fingerprint density at radius 3 is 2.38 bits per heavy atom. The van der Waals surface area contributed by atoms with Crippen molar-refractivity contribution in [1.29, 1.82) is 0 Å². The summed E-state index contributed by atoms with van der Waals surface area (Å²) in [5.74, 6) is -0.905. The molecule has 0 saturated carbocycles. The summed E-state index contributed by atoms with van der Waals surface area (Å²) in [6, 6.07) is 14.0. The van der Waals surface area contributed by atoms with Gasteiger partial charge in [-0.25, -0.2) is 4.90 Å². The highest BCUT2D eigenvalue weighted by molar-refractivity contribution is 6.53. The van der Waals surface area contributed by atoms with Crippen molar-refractivity contribution in [3.05, 3.63) is 70.4 Å². The van der Waals surface area contributed by atoms with Gasteiger partial charge in [-0.2, -0.15) is 0 Å². The summed E-state index contributed by atoms with van der Waals surface area (Å²) in [6.45, 7) is 6.22. The first-order valence-electron chi connectivity index (χ1n) is 10.5. The van der Waals surface area contributed by atoms with E-state index in [1.165, 1.54) is 0 Å². The van der Waals surface area contributed by atoms with E-state index < -0.39 is 11.8 Å². The SMILES string of the molecule is CC(C)c1ccc(N2C(=O)C(Cl)=C(Nc3cccc(C(=O)N4CCOCC4)c3)C2=O)cc1. The number of halogens is 1. The number of nitrogens with zero attached hydrogens (tertiary/aromatic N) is 2. The normalized spacial score (nSPS) is 16.9. The van der Waals surface area contributed by atoms with Crippen LogP contribution in [0.2, 0.25) is 0 Å². The Hall–Kier alpha value is -3.16. The minimum Gasteiger partial charge on any atom is -0.378 e. The van der Waals surface area contributed by atoms with Gasteiger partial charge in [-0.05, 0) is 41.8 Å². The molecule has 1 fully saturated rings. The third kappa shape index (κ3) is 4.26. The van der Waals surface area contributed by atoms with Gasteiger partial charge in [-0.15, -0.1) is 0 Å². The number of carbonyl (C=O) groups excluding carboxylic acids is 3. The van der Waals surface area contributed by atoms with E-state index in [9.17, 15) is 14.4 Å². The number of hydrogen-bond donors (Lipinski definition) is 1. The number of nitrogens with one attached hydrogen (secondary N) is 1. The average molecular weight is 454 g/mol. The monoisotopic (exact) mass is 453 g/mol. The smallest absolute Gasteiger partial charge is 0.283 e. The lowest BCUT2D eigenvalue weighted by Crippen LogP contribution is -2.40. The second-order valence-corrected chi connectivity index (χ2v) is 8.37. The second-order valence-electron chi connectivity index (χ2n) is 7.99. The van der Waals surface area contributed by atoms with Gasteiger partial charge in [0.25, 0.3) is 17.7 Å². The number of amides is 3. The van der Waals surface area contributed by atoms with Gasteiger partial charge in [-0.1, -0.05) is 43.6 Å². The first kappa shape index (κ1) is 22.0. The molecule has 0 aliphatic carbocycles. The predicted octanol–water partition coefficient (Wildman–Crippen LogP) is 3.72. The van der Waals surface area contributed by atoms with Crippen molar-refractivity contribution in [3.63, 3.8) is 0 Å². The maximum Gasteiger partial charge on any atom is 0.283 e. The van der Waals surface area contributed by atoms with Gasteiger partial charge in [0.15, 0.2) is 0 Å². The molecule has 2 aromatic carbocycles. The summed E-state index contributed by atoms with van der Waals surface area (Å²) in [4.78, 5) is 41.3. The van der Waals surface area contributed by atoms with E-state index in [-0.39, 0.29) is 16.6 Å². The molecule has 0 spiro atoms. The minimum atomic E-state index is -0.586. The van der Waals surface area contributed by atoms with Gasteiger partial charge in [0.1, 0.15) is 10.7 Å². The third-order valence-electron chi connectivity index (χ3n) is 5.52. The van der Waals surface area contributed by atoms with Gasteiger partial charge in [0.05, 0.1) is 18.9 Å². The number of imide groups is 1. The summed E-state index contributed by atoms with van der Waals surface area (Å²) in [6.07, 6.45) is 0. The number of hydrogen-bond acceptors (Lipinski definition) is 5. The molecule has 8 heteroatoms. The molecule has 0 radical (unpaired) electrons. The maximum atomic E-state index is 13.0. The zero-order valence-corrected chi connectivity index (χ0v) is 18.7. The lowest BCUT2D eigenvalue weighted by atomic mass is 10.0. The molecule has 0 aromatic heterocycles. The summed E-state index contributed by atoms with van der Waals surface area (Å²) in [5.41, 5.74) is 2.52. The molecule has 3 amide bonds. The van der Waals surface area contributed by atoms with Crippen LogP contribution in [0.25, 0.3) is 0 Å². The lowest BCUT2D eigenvalue weighted by Gasteiger charge is -2.27. The van der Waals surface area contributed by atoms with Crippen molar-refractivity contribution in [2.24, 2.45) is 0 Å². The largest absolute Gasteiger partial charge is 0.378 e. The van der Waals surface area contributed by atoms with Crippen molar-refractivity contribution in [3.8, 4) is 0 Å². The zero-order valence-electron chi connectivity index (χ0n) is 17.9. The fourth-order valence-corrected chi connectivity index (χ4v) is 3.89. The summed E-state index contributed by atoms with van der Waals surface area (Å²) in [7, 11) is 0. The molecule has 166 valence electrons. The number of morpholine rings is 1. The zero-order chi connectivity index (χ0) is 22.8. The van der Waals surface area contributed by atoms with E-state index in [2.05, 4.69) is 19.2 Å². The van der Waals surface area contributed by atoms with Crippen molar-refractivity contribution >= 4 is 40.7 Å². The fourth-order valence-electron chi connectivity index (χ4n) is 3.68. The average Bonchev–Trinajstić information content (AvgIpc) is 3.02. The number of ether oxygens (including phenoxy) is 1. The number of carbonyl (C=O) groups is 3. The van der Waals surface area contributed by atoms with Crippen LogP contribution >= 0.6 is 11.6 Å². The Kier molecular flexibility index (Phi) is 6.30. The predicted molar refractivity (Wildman–Crippen MR) is 123 cm³/mol. The molecule has 7 nitrogen and oxygen atoms in total. The van der Waals surface area contributed by atoms with E-state index in [1.807, 2.05) is 12.1 Å². The fraction of sp³-hybridized carbons (Fsp3) is 0.292. The van der Waals surface area contributed by atoms with E-state index in [0.29, 0.717) is 49.2 Å². The first-order valence-corrected chi connectivity index (χ1v) is 10.9.